The van der Waals surface area contributed by atoms with Gasteiger partial charge in [-0.2, -0.15) is 0 Å². The van der Waals surface area contributed by atoms with Gasteiger partial charge in [-0.05, 0) is 24.3 Å². The zero-order valence-corrected chi connectivity index (χ0v) is 9.71. The summed E-state index contributed by atoms with van der Waals surface area (Å²) in [4.78, 5) is 23.4. The number of carbonyl (C=O) groups excluding carboxylic acids is 1. The fraction of sp³-hybridized carbons (Fsp3) is 0.167. The van der Waals surface area contributed by atoms with Crippen LogP contribution in [0.4, 0.5) is 10.5 Å². The first-order chi connectivity index (χ1) is 8.58. The molecule has 1 heterocycles. The average Bonchev–Trinajstić information content (AvgIpc) is 2.81. The van der Waals surface area contributed by atoms with Crippen LogP contribution in [0.1, 0.15) is 0 Å². The van der Waals surface area contributed by atoms with Gasteiger partial charge in [0.25, 0.3) is 0 Å². The van der Waals surface area contributed by atoms with Crippen LogP contribution in [0.15, 0.2) is 34.9 Å². The number of hydrogen-bond acceptors (Lipinski definition) is 3. The van der Waals surface area contributed by atoms with Crippen molar-refractivity contribution in [3.8, 4) is 0 Å². The van der Waals surface area contributed by atoms with Crippen LogP contribution in [0, 0.1) is 0 Å². The normalized spacial score (nSPS) is 10.3. The number of benzene rings is 1. The first kappa shape index (κ1) is 12.0. The molecule has 0 aliphatic rings. The number of carboxylic acid groups (broad SMARTS) is 1. The van der Waals surface area contributed by atoms with Gasteiger partial charge in [-0.1, -0.05) is 0 Å². The highest BCUT2D eigenvalue weighted by molar-refractivity contribution is 5.97. The predicted molar refractivity (Wildman–Crippen MR) is 65.7 cm³/mol. The molecule has 0 saturated heterocycles. The molecule has 6 nitrogen and oxygen atoms in total. The Labute approximate surface area is 103 Å². The molecule has 2 rings (SSSR count). The Morgan fingerprint density at radius 3 is 2.89 bits per heavy atom. The lowest BCUT2D eigenvalue weighted by Crippen LogP contribution is -2.37. The van der Waals surface area contributed by atoms with Crippen LogP contribution in [0.5, 0.6) is 0 Å². The number of carbonyl (C=O) groups is 2. The molecule has 1 aromatic carbocycles. The van der Waals surface area contributed by atoms with Crippen molar-refractivity contribution in [1.82, 2.24) is 5.32 Å². The summed E-state index contributed by atoms with van der Waals surface area (Å²) in [6.07, 6.45) is 0.351. The number of anilines is 1. The van der Waals surface area contributed by atoms with E-state index in [1.807, 2.05) is 5.32 Å². The number of nitrogens with one attached hydrogen (secondary N) is 1. The lowest BCUT2D eigenvalue weighted by molar-refractivity contribution is -0.117. The molecule has 2 N–H and O–H groups in total. The quantitative estimate of drug-likeness (QED) is 0.865. The fourth-order valence-corrected chi connectivity index (χ4v) is 1.58. The van der Waals surface area contributed by atoms with Gasteiger partial charge in [0.15, 0.2) is 0 Å². The smallest absolute Gasteiger partial charge is 0.405 e. The van der Waals surface area contributed by atoms with E-state index in [0.29, 0.717) is 5.69 Å². The van der Waals surface area contributed by atoms with E-state index in [0.717, 1.165) is 11.0 Å². The van der Waals surface area contributed by atoms with Gasteiger partial charge < -0.3 is 19.7 Å². The van der Waals surface area contributed by atoms with E-state index >= 15 is 0 Å². The van der Waals surface area contributed by atoms with Gasteiger partial charge in [0.2, 0.25) is 5.91 Å². The second kappa shape index (κ2) is 4.79. The second-order valence-electron chi connectivity index (χ2n) is 3.75. The lowest BCUT2D eigenvalue weighted by Gasteiger charge is -2.17. The Kier molecular flexibility index (Phi) is 3.18. The summed E-state index contributed by atoms with van der Waals surface area (Å²) in [6.45, 7) is -0.255. The van der Waals surface area contributed by atoms with Gasteiger partial charge >= 0.3 is 6.09 Å². The molecule has 94 valence electrons. The molecule has 18 heavy (non-hydrogen) atoms. The first-order valence-electron chi connectivity index (χ1n) is 5.28. The van der Waals surface area contributed by atoms with Crippen LogP contribution in [0.2, 0.25) is 0 Å². The Balaban J connectivity index is 2.14. The van der Waals surface area contributed by atoms with Crippen LogP contribution in [0.25, 0.3) is 11.0 Å². The minimum absolute atomic E-state index is 0.255. The number of hydrogen-bond donors (Lipinski definition) is 2. The van der Waals surface area contributed by atoms with Crippen LogP contribution in [0.3, 0.4) is 0 Å². The van der Waals surface area contributed by atoms with E-state index in [1.165, 1.54) is 4.90 Å². The third kappa shape index (κ3) is 2.42. The molecule has 0 aliphatic carbocycles. The molecule has 0 saturated carbocycles. The highest BCUT2D eigenvalue weighted by Crippen LogP contribution is 2.22. The highest BCUT2D eigenvalue weighted by Gasteiger charge is 2.12. The molecule has 1 aromatic heterocycles. The number of fused-ring (bicyclic) bond motifs is 1. The van der Waals surface area contributed by atoms with E-state index in [1.54, 1.807) is 37.6 Å². The molecule has 0 aliphatic heterocycles. The van der Waals surface area contributed by atoms with E-state index < -0.39 is 6.09 Å². The van der Waals surface area contributed by atoms with Crippen LogP contribution in [-0.2, 0) is 4.79 Å². The van der Waals surface area contributed by atoms with E-state index in [2.05, 4.69) is 0 Å². The zero-order chi connectivity index (χ0) is 13.1. The molecule has 0 atom stereocenters. The number of amides is 2. The molecule has 2 amide bonds. The summed E-state index contributed by atoms with van der Waals surface area (Å²) in [5, 5.41) is 11.4. The van der Waals surface area contributed by atoms with Crippen molar-refractivity contribution in [2.75, 3.05) is 18.5 Å². The summed E-state index contributed by atoms with van der Waals surface area (Å²) in [5.74, 6) is -0.333. The van der Waals surface area contributed by atoms with E-state index in [-0.39, 0.29) is 12.5 Å². The van der Waals surface area contributed by atoms with Crippen molar-refractivity contribution in [2.45, 2.75) is 0 Å². The number of furan rings is 1. The highest BCUT2D eigenvalue weighted by atomic mass is 16.4. The van der Waals surface area contributed by atoms with Crippen molar-refractivity contribution in [3.63, 3.8) is 0 Å². The van der Waals surface area contributed by atoms with Crippen LogP contribution >= 0.6 is 0 Å². The standard InChI is InChI=1S/C12H12N2O4/c1-14(11(15)7-13-12(16)17)9-2-3-10-8(6-9)4-5-18-10/h2-6,13H,7H2,1H3,(H,16,17). The number of nitrogens with zero attached hydrogens (tertiary/aromatic N) is 1. The summed E-state index contributed by atoms with van der Waals surface area (Å²) >= 11 is 0. The van der Waals surface area contributed by atoms with Crippen LogP contribution < -0.4 is 10.2 Å². The van der Waals surface area contributed by atoms with Crippen molar-refractivity contribution < 1.29 is 19.1 Å². The minimum atomic E-state index is -1.22. The van der Waals surface area contributed by atoms with Crippen molar-refractivity contribution in [3.05, 3.63) is 30.5 Å². The Bertz CT molecular complexity index is 591. The number of likely N-dealkylation sites (N-methyl/N-ethyl adjacent to an activating group) is 1. The third-order valence-corrected chi connectivity index (χ3v) is 2.59. The molecular weight excluding hydrogens is 236 g/mol. The maximum absolute atomic E-state index is 11.7. The second-order valence-corrected chi connectivity index (χ2v) is 3.75. The van der Waals surface area contributed by atoms with Gasteiger partial charge in [0.05, 0.1) is 6.26 Å². The van der Waals surface area contributed by atoms with E-state index in [9.17, 15) is 9.59 Å². The SMILES string of the molecule is CN(C(=O)CNC(=O)O)c1ccc2occc2c1. The van der Waals surface area contributed by atoms with Crippen molar-refractivity contribution in [2.24, 2.45) is 0 Å². The van der Waals surface area contributed by atoms with E-state index in [4.69, 9.17) is 9.52 Å². The van der Waals surface area contributed by atoms with Crippen LogP contribution in [-0.4, -0.2) is 30.7 Å². The average molecular weight is 248 g/mol. The largest absolute Gasteiger partial charge is 0.465 e. The van der Waals surface area contributed by atoms with Gasteiger partial charge in [-0.15, -0.1) is 0 Å². The summed E-state index contributed by atoms with van der Waals surface area (Å²) < 4.78 is 5.20. The zero-order valence-electron chi connectivity index (χ0n) is 9.71. The predicted octanol–water partition coefficient (Wildman–Crippen LogP) is 1.66. The van der Waals surface area contributed by atoms with Gasteiger partial charge in [-0.3, -0.25) is 4.79 Å². The topological polar surface area (TPSA) is 82.8 Å². The van der Waals surface area contributed by atoms with Gasteiger partial charge in [0.1, 0.15) is 12.1 Å². The Hall–Kier alpha value is -2.50. The Morgan fingerprint density at radius 1 is 1.39 bits per heavy atom. The summed E-state index contributed by atoms with van der Waals surface area (Å²) in [6, 6.07) is 7.10. The third-order valence-electron chi connectivity index (χ3n) is 2.59. The Morgan fingerprint density at radius 2 is 2.17 bits per heavy atom. The number of rotatable bonds is 3. The minimum Gasteiger partial charge on any atom is -0.465 e. The molecule has 0 spiro atoms. The molecule has 2 aromatic rings. The summed E-state index contributed by atoms with van der Waals surface area (Å²) in [7, 11) is 1.59. The van der Waals surface area contributed by atoms with Crippen molar-refractivity contribution >= 4 is 28.7 Å². The monoisotopic (exact) mass is 248 g/mol. The maximum Gasteiger partial charge on any atom is 0.405 e. The first-order valence-corrected chi connectivity index (χ1v) is 5.28. The van der Waals surface area contributed by atoms with Gasteiger partial charge in [-0.25, -0.2) is 4.79 Å². The molecule has 0 unspecified atom stereocenters. The molecule has 0 fully saturated rings. The van der Waals surface area contributed by atoms with Gasteiger partial charge in [0, 0.05) is 18.1 Å². The lowest BCUT2D eigenvalue weighted by atomic mass is 10.2. The van der Waals surface area contributed by atoms with Crippen molar-refractivity contribution in [1.29, 1.82) is 0 Å². The molecule has 0 radical (unpaired) electrons. The fourth-order valence-electron chi connectivity index (χ4n) is 1.58. The molecule has 6 heteroatoms. The maximum atomic E-state index is 11.7. The molecule has 0 bridgehead atoms. The molecular formula is C12H12N2O4. The summed E-state index contributed by atoms with van der Waals surface area (Å²) in [5.41, 5.74) is 1.42.